The van der Waals surface area contributed by atoms with Crippen LogP contribution in [0.3, 0.4) is 0 Å². The van der Waals surface area contributed by atoms with Gasteiger partial charge in [0.05, 0.1) is 4.92 Å². The molecule has 1 aliphatic rings. The van der Waals surface area contributed by atoms with Crippen LogP contribution >= 0.6 is 0 Å². The van der Waals surface area contributed by atoms with Crippen molar-refractivity contribution in [3.8, 4) is 0 Å². The number of aromatic nitrogens is 2. The fraction of sp³-hybridized carbons (Fsp3) is 0.727. The molecule has 6 heteroatoms. The molecule has 94 valence electrons. The quantitative estimate of drug-likeness (QED) is 0.630. The van der Waals surface area contributed by atoms with Gasteiger partial charge in [0.2, 0.25) is 5.82 Å². The lowest BCUT2D eigenvalue weighted by atomic mass is 9.93. The first kappa shape index (κ1) is 11.9. The number of nitrogens with one attached hydrogen (secondary N) is 1. The van der Waals surface area contributed by atoms with Gasteiger partial charge < -0.3 is 5.32 Å². The minimum Gasteiger partial charge on any atom is -0.362 e. The molecule has 2 rings (SSSR count). The van der Waals surface area contributed by atoms with Crippen molar-refractivity contribution in [1.29, 1.82) is 0 Å². The van der Waals surface area contributed by atoms with Crippen molar-refractivity contribution >= 4 is 11.5 Å². The summed E-state index contributed by atoms with van der Waals surface area (Å²) in [6.45, 7) is 2.00. The summed E-state index contributed by atoms with van der Waals surface area (Å²) in [5.41, 5.74) is 0.739. The van der Waals surface area contributed by atoms with Gasteiger partial charge in [0.15, 0.2) is 0 Å². The second-order valence-corrected chi connectivity index (χ2v) is 4.55. The standard InChI is InChI=1S/C11H18N4O2/c1-3-5-9-10(15(16)17)11(14(2)13-9)12-8-6-4-7-8/h8,12H,3-7H2,1-2H3. The summed E-state index contributed by atoms with van der Waals surface area (Å²) in [5.74, 6) is 0.558. The van der Waals surface area contributed by atoms with E-state index in [4.69, 9.17) is 0 Å². The number of anilines is 1. The Morgan fingerprint density at radius 3 is 2.76 bits per heavy atom. The number of nitro groups is 1. The topological polar surface area (TPSA) is 73.0 Å². The average Bonchev–Trinajstić information content (AvgIpc) is 2.49. The lowest BCUT2D eigenvalue weighted by molar-refractivity contribution is -0.384. The van der Waals surface area contributed by atoms with Crippen molar-refractivity contribution in [2.75, 3.05) is 5.32 Å². The summed E-state index contributed by atoms with van der Waals surface area (Å²) in [4.78, 5) is 10.8. The van der Waals surface area contributed by atoms with Crippen molar-refractivity contribution in [3.05, 3.63) is 15.8 Å². The van der Waals surface area contributed by atoms with Gasteiger partial charge in [0, 0.05) is 13.1 Å². The third kappa shape index (κ3) is 2.25. The smallest absolute Gasteiger partial charge is 0.333 e. The Morgan fingerprint density at radius 1 is 1.59 bits per heavy atom. The first-order valence-electron chi connectivity index (χ1n) is 6.10. The maximum atomic E-state index is 11.1. The third-order valence-electron chi connectivity index (χ3n) is 3.21. The van der Waals surface area contributed by atoms with Crippen LogP contribution in [0.5, 0.6) is 0 Å². The van der Waals surface area contributed by atoms with Crippen LogP contribution in [0.25, 0.3) is 0 Å². The molecule has 0 radical (unpaired) electrons. The fourth-order valence-corrected chi connectivity index (χ4v) is 2.07. The number of hydrogen-bond acceptors (Lipinski definition) is 4. The minimum atomic E-state index is -0.320. The van der Waals surface area contributed by atoms with Crippen LogP contribution in [0.4, 0.5) is 11.5 Å². The van der Waals surface area contributed by atoms with Crippen LogP contribution in [0.15, 0.2) is 0 Å². The molecule has 1 aliphatic carbocycles. The molecule has 0 aromatic carbocycles. The first-order valence-corrected chi connectivity index (χ1v) is 6.10. The van der Waals surface area contributed by atoms with E-state index in [1.54, 1.807) is 11.7 Å². The van der Waals surface area contributed by atoms with Gasteiger partial charge in [-0.05, 0) is 25.7 Å². The highest BCUT2D eigenvalue weighted by Gasteiger charge is 2.29. The van der Waals surface area contributed by atoms with Crippen molar-refractivity contribution in [3.63, 3.8) is 0 Å². The van der Waals surface area contributed by atoms with Gasteiger partial charge in [-0.1, -0.05) is 13.3 Å². The normalized spacial score (nSPS) is 15.6. The summed E-state index contributed by atoms with van der Waals surface area (Å²) in [6, 6.07) is 0.374. The fourth-order valence-electron chi connectivity index (χ4n) is 2.07. The van der Waals surface area contributed by atoms with Crippen LogP contribution in [0, 0.1) is 10.1 Å². The predicted octanol–water partition coefficient (Wildman–Crippen LogP) is 2.25. The van der Waals surface area contributed by atoms with E-state index < -0.39 is 0 Å². The van der Waals surface area contributed by atoms with Crippen molar-refractivity contribution in [2.24, 2.45) is 7.05 Å². The highest BCUT2D eigenvalue weighted by molar-refractivity contribution is 5.60. The summed E-state index contributed by atoms with van der Waals surface area (Å²) >= 11 is 0. The molecule has 1 N–H and O–H groups in total. The molecule has 0 aliphatic heterocycles. The SMILES string of the molecule is CCCc1nn(C)c(NC2CCC2)c1[N+](=O)[O-]. The van der Waals surface area contributed by atoms with Gasteiger partial charge in [0.1, 0.15) is 5.69 Å². The molecule has 1 heterocycles. The zero-order chi connectivity index (χ0) is 12.4. The maximum Gasteiger partial charge on any atom is 0.333 e. The lowest BCUT2D eigenvalue weighted by Gasteiger charge is -2.26. The van der Waals surface area contributed by atoms with Crippen LogP contribution in [-0.2, 0) is 13.5 Å². The molecule has 6 nitrogen and oxygen atoms in total. The van der Waals surface area contributed by atoms with E-state index in [9.17, 15) is 10.1 Å². The number of rotatable bonds is 5. The molecule has 1 fully saturated rings. The zero-order valence-corrected chi connectivity index (χ0v) is 10.3. The highest BCUT2D eigenvalue weighted by atomic mass is 16.6. The number of nitrogens with zero attached hydrogens (tertiary/aromatic N) is 3. The number of aryl methyl sites for hydroxylation is 2. The van der Waals surface area contributed by atoms with Gasteiger partial charge >= 0.3 is 5.69 Å². The summed E-state index contributed by atoms with van der Waals surface area (Å²) in [7, 11) is 1.76. The van der Waals surface area contributed by atoms with E-state index in [2.05, 4.69) is 10.4 Å². The van der Waals surface area contributed by atoms with Gasteiger partial charge in [-0.15, -0.1) is 0 Å². The number of hydrogen-bond donors (Lipinski definition) is 1. The molecule has 1 aromatic heterocycles. The second-order valence-electron chi connectivity index (χ2n) is 4.55. The van der Waals surface area contributed by atoms with Gasteiger partial charge in [0.25, 0.3) is 0 Å². The molecule has 0 spiro atoms. The molecule has 0 unspecified atom stereocenters. The van der Waals surface area contributed by atoms with E-state index in [0.717, 1.165) is 19.3 Å². The van der Waals surface area contributed by atoms with E-state index in [1.165, 1.54) is 6.42 Å². The highest BCUT2D eigenvalue weighted by Crippen LogP contribution is 2.32. The third-order valence-corrected chi connectivity index (χ3v) is 3.21. The largest absolute Gasteiger partial charge is 0.362 e. The Morgan fingerprint density at radius 2 is 2.29 bits per heavy atom. The van der Waals surface area contributed by atoms with E-state index >= 15 is 0 Å². The molecule has 0 bridgehead atoms. The Balaban J connectivity index is 2.30. The van der Waals surface area contributed by atoms with Gasteiger partial charge in [-0.3, -0.25) is 10.1 Å². The van der Waals surface area contributed by atoms with E-state index in [1.807, 2.05) is 6.92 Å². The summed E-state index contributed by atoms with van der Waals surface area (Å²) < 4.78 is 1.60. The summed E-state index contributed by atoms with van der Waals surface area (Å²) in [6.07, 6.45) is 4.89. The Kier molecular flexibility index (Phi) is 3.31. The minimum absolute atomic E-state index is 0.154. The van der Waals surface area contributed by atoms with Gasteiger partial charge in [-0.25, -0.2) is 4.68 Å². The lowest BCUT2D eigenvalue weighted by Crippen LogP contribution is -2.28. The van der Waals surface area contributed by atoms with Crippen LogP contribution < -0.4 is 5.32 Å². The Bertz CT molecular complexity index is 423. The molecular formula is C11H18N4O2. The van der Waals surface area contributed by atoms with Crippen molar-refractivity contribution in [1.82, 2.24) is 9.78 Å². The molecule has 1 saturated carbocycles. The molecule has 0 saturated heterocycles. The zero-order valence-electron chi connectivity index (χ0n) is 10.3. The Hall–Kier alpha value is -1.59. The first-order chi connectivity index (χ1) is 8.13. The van der Waals surface area contributed by atoms with Crippen LogP contribution in [0.2, 0.25) is 0 Å². The molecule has 0 amide bonds. The molecular weight excluding hydrogens is 220 g/mol. The second kappa shape index (κ2) is 4.73. The van der Waals surface area contributed by atoms with Crippen LogP contribution in [-0.4, -0.2) is 20.7 Å². The predicted molar refractivity (Wildman–Crippen MR) is 65.1 cm³/mol. The summed E-state index contributed by atoms with van der Waals surface area (Å²) in [5, 5.41) is 18.6. The van der Waals surface area contributed by atoms with Crippen molar-refractivity contribution in [2.45, 2.75) is 45.1 Å². The van der Waals surface area contributed by atoms with Crippen molar-refractivity contribution < 1.29 is 4.92 Å². The molecule has 1 aromatic rings. The monoisotopic (exact) mass is 238 g/mol. The molecule has 17 heavy (non-hydrogen) atoms. The maximum absolute atomic E-state index is 11.1. The van der Waals surface area contributed by atoms with E-state index in [-0.39, 0.29) is 10.6 Å². The Labute approximate surface area is 100 Å². The average molecular weight is 238 g/mol. The van der Waals surface area contributed by atoms with Gasteiger partial charge in [-0.2, -0.15) is 5.10 Å². The van der Waals surface area contributed by atoms with E-state index in [0.29, 0.717) is 24.0 Å². The molecule has 0 atom stereocenters. The van der Waals surface area contributed by atoms with Crippen LogP contribution in [0.1, 0.15) is 38.3 Å².